The quantitative estimate of drug-likeness (QED) is 0.737. The summed E-state index contributed by atoms with van der Waals surface area (Å²) in [5, 5.41) is 0. The summed E-state index contributed by atoms with van der Waals surface area (Å²) in [6.07, 6.45) is 0. The van der Waals surface area contributed by atoms with Crippen LogP contribution in [0.2, 0.25) is 0 Å². The highest BCUT2D eigenvalue weighted by molar-refractivity contribution is 9.10. The summed E-state index contributed by atoms with van der Waals surface area (Å²) in [5.41, 5.74) is 2.44. The predicted octanol–water partition coefficient (Wildman–Crippen LogP) is 2.53. The van der Waals surface area contributed by atoms with Gasteiger partial charge in [0, 0.05) is 23.1 Å². The Labute approximate surface area is 106 Å². The third kappa shape index (κ3) is 2.68. The van der Waals surface area contributed by atoms with Gasteiger partial charge in [-0.15, -0.1) is 0 Å². The van der Waals surface area contributed by atoms with E-state index in [1.54, 1.807) is 0 Å². The summed E-state index contributed by atoms with van der Waals surface area (Å²) in [6, 6.07) is 6.17. The standard InChI is InChI=1S/C12H16BBrO2/c1-9-6-10(14)4-5-11(9)13-15-7-12(2,3)8-16-13/h4-6H,7-8H2,1-3H3. The zero-order chi connectivity index (χ0) is 11.8. The molecule has 0 N–H and O–H groups in total. The number of benzene rings is 1. The van der Waals surface area contributed by atoms with E-state index >= 15 is 0 Å². The van der Waals surface area contributed by atoms with E-state index in [1.165, 1.54) is 5.56 Å². The van der Waals surface area contributed by atoms with Crippen molar-refractivity contribution in [2.45, 2.75) is 20.8 Å². The lowest BCUT2D eigenvalue weighted by Crippen LogP contribution is -2.48. The molecule has 86 valence electrons. The zero-order valence-corrected chi connectivity index (χ0v) is 11.5. The highest BCUT2D eigenvalue weighted by Crippen LogP contribution is 2.22. The van der Waals surface area contributed by atoms with Gasteiger partial charge in [0.05, 0.1) is 0 Å². The van der Waals surface area contributed by atoms with E-state index in [2.05, 4.69) is 48.8 Å². The topological polar surface area (TPSA) is 18.5 Å². The Bertz CT molecular complexity index is 383. The number of halogens is 1. The van der Waals surface area contributed by atoms with Gasteiger partial charge in [0.15, 0.2) is 0 Å². The molecule has 1 aromatic rings. The number of hydrogen-bond donors (Lipinski definition) is 0. The number of aryl methyl sites for hydroxylation is 1. The molecule has 0 unspecified atom stereocenters. The van der Waals surface area contributed by atoms with Crippen LogP contribution in [0.25, 0.3) is 0 Å². The average Bonchev–Trinajstić information content (AvgIpc) is 2.19. The van der Waals surface area contributed by atoms with Gasteiger partial charge in [0.1, 0.15) is 0 Å². The normalized spacial score (nSPS) is 19.9. The molecule has 0 spiro atoms. The summed E-state index contributed by atoms with van der Waals surface area (Å²) < 4.78 is 12.6. The summed E-state index contributed by atoms with van der Waals surface area (Å²) in [6.45, 7) is 7.86. The molecule has 0 radical (unpaired) electrons. The van der Waals surface area contributed by atoms with Crippen molar-refractivity contribution in [2.24, 2.45) is 5.41 Å². The van der Waals surface area contributed by atoms with E-state index < -0.39 is 0 Å². The highest BCUT2D eigenvalue weighted by Gasteiger charge is 2.34. The lowest BCUT2D eigenvalue weighted by molar-refractivity contribution is 0.0342. The lowest BCUT2D eigenvalue weighted by Gasteiger charge is -2.33. The van der Waals surface area contributed by atoms with E-state index in [0.29, 0.717) is 0 Å². The molecule has 1 fully saturated rings. The molecule has 2 nitrogen and oxygen atoms in total. The molecule has 1 aliphatic rings. The Kier molecular flexibility index (Phi) is 3.43. The van der Waals surface area contributed by atoms with Crippen molar-refractivity contribution < 1.29 is 9.31 Å². The molecule has 0 bridgehead atoms. The van der Waals surface area contributed by atoms with Crippen molar-refractivity contribution in [3.05, 3.63) is 28.2 Å². The fraction of sp³-hybridized carbons (Fsp3) is 0.500. The van der Waals surface area contributed by atoms with Gasteiger partial charge in [-0.25, -0.2) is 0 Å². The summed E-state index contributed by atoms with van der Waals surface area (Å²) in [5.74, 6) is 0. The van der Waals surface area contributed by atoms with Crippen LogP contribution in [-0.2, 0) is 9.31 Å². The molecule has 0 atom stereocenters. The van der Waals surface area contributed by atoms with Crippen LogP contribution >= 0.6 is 15.9 Å². The van der Waals surface area contributed by atoms with Gasteiger partial charge in [-0.05, 0) is 24.5 Å². The van der Waals surface area contributed by atoms with E-state index in [9.17, 15) is 0 Å². The molecule has 1 saturated heterocycles. The van der Waals surface area contributed by atoms with Crippen LogP contribution in [-0.4, -0.2) is 20.3 Å². The van der Waals surface area contributed by atoms with E-state index in [0.717, 1.165) is 23.1 Å². The third-order valence-electron chi connectivity index (χ3n) is 2.74. The number of hydrogen-bond acceptors (Lipinski definition) is 2. The maximum atomic E-state index is 5.76. The van der Waals surface area contributed by atoms with Crippen molar-refractivity contribution in [1.29, 1.82) is 0 Å². The van der Waals surface area contributed by atoms with Crippen molar-refractivity contribution in [3.63, 3.8) is 0 Å². The Morgan fingerprint density at radius 3 is 2.44 bits per heavy atom. The Morgan fingerprint density at radius 1 is 1.25 bits per heavy atom. The fourth-order valence-electron chi connectivity index (χ4n) is 1.78. The minimum atomic E-state index is -0.207. The molecule has 1 heterocycles. The molecule has 1 aromatic carbocycles. The molecule has 16 heavy (non-hydrogen) atoms. The summed E-state index contributed by atoms with van der Waals surface area (Å²) >= 11 is 3.46. The highest BCUT2D eigenvalue weighted by atomic mass is 79.9. The summed E-state index contributed by atoms with van der Waals surface area (Å²) in [4.78, 5) is 0. The van der Waals surface area contributed by atoms with Gasteiger partial charge in [0.25, 0.3) is 0 Å². The first-order chi connectivity index (χ1) is 7.48. The molecule has 0 aromatic heterocycles. The molecular weight excluding hydrogens is 267 g/mol. The SMILES string of the molecule is Cc1cc(Br)ccc1B1OCC(C)(C)CO1. The predicted molar refractivity (Wildman–Crippen MR) is 70.0 cm³/mol. The molecular formula is C12H16BBrO2. The second kappa shape index (κ2) is 4.51. The number of rotatable bonds is 1. The second-order valence-corrected chi connectivity index (χ2v) is 6.03. The van der Waals surface area contributed by atoms with Gasteiger partial charge in [-0.3, -0.25) is 0 Å². The van der Waals surface area contributed by atoms with Crippen molar-refractivity contribution >= 4 is 28.5 Å². The minimum Gasteiger partial charge on any atom is -0.407 e. The molecule has 4 heteroatoms. The Balaban J connectivity index is 2.14. The van der Waals surface area contributed by atoms with E-state index in [4.69, 9.17) is 9.31 Å². The third-order valence-corrected chi connectivity index (χ3v) is 3.23. The maximum Gasteiger partial charge on any atom is 0.494 e. The van der Waals surface area contributed by atoms with Crippen molar-refractivity contribution in [3.8, 4) is 0 Å². The Morgan fingerprint density at radius 2 is 1.88 bits per heavy atom. The largest absolute Gasteiger partial charge is 0.494 e. The van der Waals surface area contributed by atoms with Gasteiger partial charge >= 0.3 is 7.12 Å². The second-order valence-electron chi connectivity index (χ2n) is 5.12. The van der Waals surface area contributed by atoms with E-state index in [1.807, 2.05) is 6.07 Å². The summed E-state index contributed by atoms with van der Waals surface area (Å²) in [7, 11) is -0.207. The molecule has 0 aliphatic carbocycles. The first-order valence-corrected chi connectivity index (χ1v) is 6.26. The molecule has 1 aliphatic heterocycles. The lowest BCUT2D eigenvalue weighted by atomic mass is 9.74. The molecule has 2 rings (SSSR count). The van der Waals surface area contributed by atoms with Crippen LogP contribution in [0, 0.1) is 12.3 Å². The first-order valence-electron chi connectivity index (χ1n) is 5.47. The van der Waals surface area contributed by atoms with E-state index in [-0.39, 0.29) is 12.5 Å². The van der Waals surface area contributed by atoms with Crippen LogP contribution < -0.4 is 5.46 Å². The van der Waals surface area contributed by atoms with Crippen LogP contribution in [0.5, 0.6) is 0 Å². The van der Waals surface area contributed by atoms with Crippen LogP contribution in [0.1, 0.15) is 19.4 Å². The zero-order valence-electron chi connectivity index (χ0n) is 9.92. The van der Waals surface area contributed by atoms with Gasteiger partial charge < -0.3 is 9.31 Å². The molecule has 0 amide bonds. The van der Waals surface area contributed by atoms with Gasteiger partial charge in [0.2, 0.25) is 0 Å². The van der Waals surface area contributed by atoms with Crippen LogP contribution in [0.15, 0.2) is 22.7 Å². The first kappa shape index (κ1) is 12.2. The van der Waals surface area contributed by atoms with Gasteiger partial charge in [-0.1, -0.05) is 41.4 Å². The maximum absolute atomic E-state index is 5.76. The van der Waals surface area contributed by atoms with Crippen LogP contribution in [0.3, 0.4) is 0 Å². The van der Waals surface area contributed by atoms with Crippen molar-refractivity contribution in [1.82, 2.24) is 0 Å². The Hall–Kier alpha value is -0.315. The van der Waals surface area contributed by atoms with Crippen molar-refractivity contribution in [2.75, 3.05) is 13.2 Å². The average molecular weight is 283 g/mol. The molecule has 0 saturated carbocycles. The fourth-order valence-corrected chi connectivity index (χ4v) is 2.25. The monoisotopic (exact) mass is 282 g/mol. The smallest absolute Gasteiger partial charge is 0.407 e. The van der Waals surface area contributed by atoms with Crippen LogP contribution in [0.4, 0.5) is 0 Å². The van der Waals surface area contributed by atoms with Gasteiger partial charge in [-0.2, -0.15) is 0 Å². The minimum absolute atomic E-state index is 0.125.